The van der Waals surface area contributed by atoms with Crippen molar-refractivity contribution in [1.29, 1.82) is 0 Å². The fraction of sp³-hybridized carbons (Fsp3) is 0.400. The van der Waals surface area contributed by atoms with Crippen LogP contribution >= 0.6 is 22.7 Å². The van der Waals surface area contributed by atoms with Gasteiger partial charge in [-0.3, -0.25) is 9.68 Å². The standard InChI is InChI=1S/C35H41N3O9S3/c1-5-6-26(18-38(17-23(2)3)50(41,42)29-11-12-31-32(15-29)45-22-44-31)35(40)47-46-20-34(39)36-16-33-30(13-14-48-33)25-7-9-28(10-8-25)43-19-27-21-49-24(4)37-27/h7-15,21,23,26H,5-6,16-20,22H2,1-4H3,(H,36,39). The largest absolute Gasteiger partial charge is 0.487 e. The lowest BCUT2D eigenvalue weighted by molar-refractivity contribution is -0.272. The van der Waals surface area contributed by atoms with Crippen LogP contribution in [0.25, 0.3) is 11.1 Å². The van der Waals surface area contributed by atoms with E-state index in [1.54, 1.807) is 17.4 Å². The van der Waals surface area contributed by atoms with Crippen LogP contribution in [0.4, 0.5) is 0 Å². The molecule has 1 aliphatic heterocycles. The third kappa shape index (κ3) is 9.82. The number of thiazole rings is 1. The molecule has 50 heavy (non-hydrogen) atoms. The van der Waals surface area contributed by atoms with Crippen LogP contribution in [0.1, 0.15) is 49.2 Å². The normalized spacial score (nSPS) is 13.1. The lowest BCUT2D eigenvalue weighted by Gasteiger charge is -2.27. The van der Waals surface area contributed by atoms with Gasteiger partial charge in [0.1, 0.15) is 12.4 Å². The number of amides is 1. The fourth-order valence-electron chi connectivity index (χ4n) is 5.28. The Labute approximate surface area is 300 Å². The van der Waals surface area contributed by atoms with E-state index in [0.717, 1.165) is 32.5 Å². The molecule has 0 aliphatic carbocycles. The third-order valence-corrected chi connectivity index (χ3v) is 11.3. The summed E-state index contributed by atoms with van der Waals surface area (Å²) in [5, 5.41) is 7.73. The number of rotatable bonds is 18. The second-order valence-corrected chi connectivity index (χ2v) is 16.1. The van der Waals surface area contributed by atoms with Crippen LogP contribution in [0.3, 0.4) is 0 Å². The van der Waals surface area contributed by atoms with E-state index in [0.29, 0.717) is 30.9 Å². The van der Waals surface area contributed by atoms with Crippen molar-refractivity contribution in [3.63, 3.8) is 0 Å². The molecule has 5 rings (SSSR count). The molecular weight excluding hydrogens is 703 g/mol. The van der Waals surface area contributed by atoms with E-state index in [1.165, 1.54) is 27.8 Å². The van der Waals surface area contributed by atoms with Crippen molar-refractivity contribution in [2.45, 2.75) is 58.6 Å². The van der Waals surface area contributed by atoms with Crippen molar-refractivity contribution in [2.24, 2.45) is 11.8 Å². The maximum absolute atomic E-state index is 13.7. The molecule has 1 unspecified atom stereocenters. The van der Waals surface area contributed by atoms with Crippen molar-refractivity contribution < 1.29 is 42.0 Å². The number of hydrogen-bond donors (Lipinski definition) is 1. The van der Waals surface area contributed by atoms with Crippen LogP contribution in [0.15, 0.2) is 64.2 Å². The van der Waals surface area contributed by atoms with E-state index in [2.05, 4.69) is 10.3 Å². The number of fused-ring (bicyclic) bond motifs is 1. The average molecular weight is 744 g/mol. The van der Waals surface area contributed by atoms with Gasteiger partial charge >= 0.3 is 5.97 Å². The Bertz CT molecular complexity index is 1860. The molecule has 0 fully saturated rings. The smallest absolute Gasteiger partial charge is 0.346 e. The van der Waals surface area contributed by atoms with Crippen LogP contribution in [0.2, 0.25) is 0 Å². The predicted octanol–water partition coefficient (Wildman–Crippen LogP) is 6.34. The molecule has 12 nitrogen and oxygen atoms in total. The van der Waals surface area contributed by atoms with Crippen molar-refractivity contribution in [3.8, 4) is 28.4 Å². The lowest BCUT2D eigenvalue weighted by atomic mass is 10.0. The minimum atomic E-state index is -3.99. The van der Waals surface area contributed by atoms with Crippen LogP contribution < -0.4 is 19.5 Å². The predicted molar refractivity (Wildman–Crippen MR) is 189 cm³/mol. The molecule has 0 spiro atoms. The molecule has 2 aromatic heterocycles. The zero-order valence-electron chi connectivity index (χ0n) is 28.4. The summed E-state index contributed by atoms with van der Waals surface area (Å²) >= 11 is 3.09. The first-order chi connectivity index (χ1) is 24.0. The summed E-state index contributed by atoms with van der Waals surface area (Å²) in [6.45, 7) is 7.87. The molecule has 0 bridgehead atoms. The van der Waals surface area contributed by atoms with Gasteiger partial charge in [-0.1, -0.05) is 39.3 Å². The number of aromatic nitrogens is 1. The molecule has 1 N–H and O–H groups in total. The number of thiophene rings is 1. The quantitative estimate of drug-likeness (QED) is 0.0906. The molecule has 1 aliphatic rings. The second kappa shape index (κ2) is 17.3. The van der Waals surface area contributed by atoms with E-state index in [4.69, 9.17) is 24.0 Å². The summed E-state index contributed by atoms with van der Waals surface area (Å²) in [4.78, 5) is 41.2. The number of sulfonamides is 1. The first-order valence-electron chi connectivity index (χ1n) is 16.2. The minimum Gasteiger partial charge on any atom is -0.487 e. The molecule has 2 aromatic carbocycles. The first kappa shape index (κ1) is 37.2. The number of benzene rings is 2. The van der Waals surface area contributed by atoms with E-state index in [9.17, 15) is 18.0 Å². The van der Waals surface area contributed by atoms with Gasteiger partial charge in [-0.05, 0) is 66.1 Å². The highest BCUT2D eigenvalue weighted by Crippen LogP contribution is 2.35. The Morgan fingerprint density at radius 2 is 1.82 bits per heavy atom. The molecule has 1 atom stereocenters. The first-order valence-corrected chi connectivity index (χ1v) is 19.4. The van der Waals surface area contributed by atoms with Gasteiger partial charge in [-0.15, -0.1) is 22.7 Å². The Balaban J connectivity index is 1.11. The highest BCUT2D eigenvalue weighted by Gasteiger charge is 2.33. The highest BCUT2D eigenvalue weighted by atomic mass is 32.2. The number of ether oxygens (including phenoxy) is 3. The summed E-state index contributed by atoms with van der Waals surface area (Å²) < 4.78 is 45.2. The maximum atomic E-state index is 13.7. The van der Waals surface area contributed by atoms with Gasteiger partial charge in [0, 0.05) is 29.4 Å². The number of carbonyl (C=O) groups excluding carboxylic acids is 2. The Hall–Kier alpha value is -4.02. The number of nitrogens with zero attached hydrogens (tertiary/aromatic N) is 2. The summed E-state index contributed by atoms with van der Waals surface area (Å²) in [5.41, 5.74) is 2.85. The second-order valence-electron chi connectivity index (χ2n) is 12.1. The van der Waals surface area contributed by atoms with Crippen molar-refractivity contribution in [2.75, 3.05) is 26.5 Å². The monoisotopic (exact) mass is 743 g/mol. The topological polar surface area (TPSA) is 143 Å². The summed E-state index contributed by atoms with van der Waals surface area (Å²) in [6, 6.07) is 14.2. The zero-order valence-corrected chi connectivity index (χ0v) is 30.8. The molecule has 1 amide bonds. The van der Waals surface area contributed by atoms with Crippen LogP contribution in [-0.4, -0.2) is 56.1 Å². The summed E-state index contributed by atoms with van der Waals surface area (Å²) in [6.07, 6.45) is 0.963. The molecule has 268 valence electrons. The molecule has 4 aromatic rings. The summed E-state index contributed by atoms with van der Waals surface area (Å²) in [5.74, 6) is -0.499. The number of carbonyl (C=O) groups is 2. The van der Waals surface area contributed by atoms with Crippen LogP contribution in [0.5, 0.6) is 17.2 Å². The van der Waals surface area contributed by atoms with Gasteiger partial charge in [0.15, 0.2) is 18.1 Å². The molecule has 0 radical (unpaired) electrons. The van der Waals surface area contributed by atoms with Crippen molar-refractivity contribution in [3.05, 3.63) is 74.9 Å². The van der Waals surface area contributed by atoms with Gasteiger partial charge in [0.05, 0.1) is 28.1 Å². The Morgan fingerprint density at radius 1 is 1.04 bits per heavy atom. The third-order valence-electron chi connectivity index (χ3n) is 7.69. The number of nitrogens with one attached hydrogen (secondary N) is 1. The van der Waals surface area contributed by atoms with Gasteiger partial charge in [0.25, 0.3) is 5.91 Å². The van der Waals surface area contributed by atoms with Gasteiger partial charge < -0.3 is 19.5 Å². The zero-order chi connectivity index (χ0) is 35.7. The van der Waals surface area contributed by atoms with Crippen molar-refractivity contribution >= 4 is 44.6 Å². The Kier molecular flexibility index (Phi) is 12.9. The average Bonchev–Trinajstić information content (AvgIpc) is 3.86. The maximum Gasteiger partial charge on any atom is 0.346 e. The molecular formula is C35H41N3O9S3. The summed E-state index contributed by atoms with van der Waals surface area (Å²) in [7, 11) is -3.99. The Morgan fingerprint density at radius 3 is 2.54 bits per heavy atom. The van der Waals surface area contributed by atoms with Crippen LogP contribution in [-0.2, 0) is 42.5 Å². The fourth-order valence-corrected chi connectivity index (χ4v) is 8.38. The minimum absolute atomic E-state index is 0.0158. The highest BCUT2D eigenvalue weighted by molar-refractivity contribution is 7.89. The van der Waals surface area contributed by atoms with E-state index < -0.39 is 34.4 Å². The molecule has 0 saturated carbocycles. The van der Waals surface area contributed by atoms with Crippen LogP contribution in [0, 0.1) is 18.8 Å². The molecule has 0 saturated heterocycles. The number of aryl methyl sites for hydroxylation is 1. The number of hydrogen-bond acceptors (Lipinski definition) is 12. The lowest BCUT2D eigenvalue weighted by Crippen LogP contribution is -2.40. The van der Waals surface area contributed by atoms with Gasteiger partial charge in [0.2, 0.25) is 16.8 Å². The molecule has 15 heteroatoms. The van der Waals surface area contributed by atoms with E-state index >= 15 is 0 Å². The van der Waals surface area contributed by atoms with Crippen molar-refractivity contribution in [1.82, 2.24) is 14.6 Å². The van der Waals surface area contributed by atoms with Gasteiger partial charge in [-0.25, -0.2) is 18.2 Å². The SMILES string of the molecule is CCCC(CN(CC(C)C)S(=O)(=O)c1ccc2c(c1)OCO2)C(=O)OOCC(=O)NCc1sccc1-c1ccc(OCc2csc(C)n2)cc1. The van der Waals surface area contributed by atoms with Gasteiger partial charge in [-0.2, -0.15) is 9.19 Å². The molecule has 3 heterocycles. The van der Waals surface area contributed by atoms with E-state index in [-0.39, 0.29) is 37.2 Å². The van der Waals surface area contributed by atoms with E-state index in [1.807, 2.05) is 68.8 Å².